The Labute approximate surface area is 160 Å². The number of nitrogens with zero attached hydrogens (tertiary/aromatic N) is 1. The minimum atomic E-state index is -0.0379. The Morgan fingerprint density at radius 3 is 2.54 bits per heavy atom. The normalized spacial score (nSPS) is 13.7. The Hall–Kier alpha value is -2.04. The molecule has 0 aromatic heterocycles. The lowest BCUT2D eigenvalue weighted by atomic mass is 10.1. The first-order valence-electron chi connectivity index (χ1n) is 8.90. The number of carbonyl (C=O) groups excluding carboxylic acids is 1. The molecule has 1 N–H and O–H groups in total. The van der Waals surface area contributed by atoms with Gasteiger partial charge in [0.25, 0.3) is 0 Å². The highest BCUT2D eigenvalue weighted by atomic mass is 35.5. The zero-order valence-corrected chi connectivity index (χ0v) is 16.3. The van der Waals surface area contributed by atoms with E-state index in [1.807, 2.05) is 13.0 Å². The maximum absolute atomic E-state index is 12.6. The van der Waals surface area contributed by atoms with Crippen molar-refractivity contribution in [1.29, 1.82) is 0 Å². The van der Waals surface area contributed by atoms with E-state index in [4.69, 9.17) is 16.3 Å². The minimum Gasteiger partial charge on any atom is -0.495 e. The molecule has 3 rings (SSSR count). The third-order valence-corrected chi connectivity index (χ3v) is 5.08. The number of carbonyl (C=O) groups is 1. The van der Waals surface area contributed by atoms with Crippen LogP contribution in [0.15, 0.2) is 36.4 Å². The van der Waals surface area contributed by atoms with Crippen molar-refractivity contribution >= 4 is 23.2 Å². The molecule has 1 amide bonds. The largest absolute Gasteiger partial charge is 0.495 e. The summed E-state index contributed by atoms with van der Waals surface area (Å²) in [5, 5.41) is 3.60. The van der Waals surface area contributed by atoms with Gasteiger partial charge in [-0.05, 0) is 43.9 Å². The lowest BCUT2D eigenvalue weighted by Gasteiger charge is -2.22. The van der Waals surface area contributed by atoms with E-state index in [0.717, 1.165) is 24.9 Å². The van der Waals surface area contributed by atoms with Crippen molar-refractivity contribution in [2.75, 3.05) is 19.0 Å². The molecule has 2 aromatic carbocycles. The summed E-state index contributed by atoms with van der Waals surface area (Å²) < 4.78 is 5.34. The predicted molar refractivity (Wildman–Crippen MR) is 106 cm³/mol. The number of ether oxygens (including phenoxy) is 1. The lowest BCUT2D eigenvalue weighted by Crippen LogP contribution is -2.34. The van der Waals surface area contributed by atoms with Crippen molar-refractivity contribution in [3.05, 3.63) is 58.1 Å². The first-order chi connectivity index (χ1) is 12.5. The van der Waals surface area contributed by atoms with Crippen LogP contribution in [0, 0.1) is 13.8 Å². The van der Waals surface area contributed by atoms with Gasteiger partial charge in [0.15, 0.2) is 0 Å². The number of benzene rings is 2. The van der Waals surface area contributed by atoms with E-state index in [-0.39, 0.29) is 5.91 Å². The van der Waals surface area contributed by atoms with Crippen LogP contribution in [-0.2, 0) is 11.3 Å². The number of hydrogen-bond donors (Lipinski definition) is 1. The number of rotatable bonds is 7. The molecule has 1 fully saturated rings. The van der Waals surface area contributed by atoms with Crippen molar-refractivity contribution in [2.24, 2.45) is 0 Å². The van der Waals surface area contributed by atoms with Gasteiger partial charge in [-0.25, -0.2) is 0 Å². The van der Waals surface area contributed by atoms with Crippen molar-refractivity contribution in [1.82, 2.24) is 4.90 Å². The maximum Gasteiger partial charge on any atom is 0.238 e. The van der Waals surface area contributed by atoms with Gasteiger partial charge < -0.3 is 10.1 Å². The van der Waals surface area contributed by atoms with Gasteiger partial charge in [-0.2, -0.15) is 0 Å². The van der Waals surface area contributed by atoms with Gasteiger partial charge in [-0.15, -0.1) is 0 Å². The molecule has 26 heavy (non-hydrogen) atoms. The molecular formula is C21H25ClN2O2. The summed E-state index contributed by atoms with van der Waals surface area (Å²) in [6.07, 6.45) is 2.31. The van der Waals surface area contributed by atoms with Crippen molar-refractivity contribution < 1.29 is 9.53 Å². The molecule has 1 aliphatic rings. The van der Waals surface area contributed by atoms with Crippen LogP contribution in [0.3, 0.4) is 0 Å². The fourth-order valence-electron chi connectivity index (χ4n) is 2.99. The number of nitrogens with one attached hydrogen (secondary N) is 1. The highest BCUT2D eigenvalue weighted by Gasteiger charge is 2.30. The summed E-state index contributed by atoms with van der Waals surface area (Å²) >= 11 is 6.14. The number of aryl methyl sites for hydroxylation is 2. The molecule has 1 saturated carbocycles. The average molecular weight is 373 g/mol. The fraction of sp³-hybridized carbons (Fsp3) is 0.381. The molecule has 4 nitrogen and oxygen atoms in total. The Bertz CT molecular complexity index is 785. The number of methoxy groups -OCH3 is 1. The predicted octanol–water partition coefficient (Wildman–Crippen LogP) is 4.57. The average Bonchev–Trinajstić information content (AvgIpc) is 3.44. The molecule has 0 saturated heterocycles. The lowest BCUT2D eigenvalue weighted by molar-refractivity contribution is -0.117. The van der Waals surface area contributed by atoms with Gasteiger partial charge in [0.1, 0.15) is 5.75 Å². The molecule has 5 heteroatoms. The minimum absolute atomic E-state index is 0.0379. The number of amides is 1. The van der Waals surface area contributed by atoms with Gasteiger partial charge in [-0.3, -0.25) is 9.69 Å². The zero-order chi connectivity index (χ0) is 18.7. The summed E-state index contributed by atoms with van der Waals surface area (Å²) in [6, 6.07) is 12.6. The van der Waals surface area contributed by atoms with Crippen LogP contribution in [0.1, 0.15) is 29.5 Å². The monoisotopic (exact) mass is 372 g/mol. The molecule has 0 spiro atoms. The molecule has 0 atom stereocenters. The van der Waals surface area contributed by atoms with E-state index in [0.29, 0.717) is 29.0 Å². The molecule has 0 aliphatic heterocycles. The molecule has 0 radical (unpaired) electrons. The number of anilines is 1. The third kappa shape index (κ3) is 4.77. The summed E-state index contributed by atoms with van der Waals surface area (Å²) in [6.45, 7) is 5.14. The maximum atomic E-state index is 12.6. The summed E-state index contributed by atoms with van der Waals surface area (Å²) in [4.78, 5) is 14.9. The highest BCUT2D eigenvalue weighted by Crippen LogP contribution is 2.32. The first-order valence-corrected chi connectivity index (χ1v) is 9.27. The van der Waals surface area contributed by atoms with Crippen molar-refractivity contribution in [3.63, 3.8) is 0 Å². The van der Waals surface area contributed by atoms with E-state index < -0.39 is 0 Å². The van der Waals surface area contributed by atoms with E-state index in [1.165, 1.54) is 11.1 Å². The Balaban J connectivity index is 1.67. The second-order valence-corrected chi connectivity index (χ2v) is 7.38. The summed E-state index contributed by atoms with van der Waals surface area (Å²) in [5.74, 6) is 0.537. The van der Waals surface area contributed by atoms with E-state index in [1.54, 1.807) is 13.2 Å². The summed E-state index contributed by atoms with van der Waals surface area (Å²) in [7, 11) is 1.57. The van der Waals surface area contributed by atoms with Gasteiger partial charge >= 0.3 is 0 Å². The third-order valence-electron chi connectivity index (χ3n) is 4.67. The second kappa shape index (κ2) is 8.11. The van der Waals surface area contributed by atoms with Crippen LogP contribution in [0.2, 0.25) is 5.02 Å². The van der Waals surface area contributed by atoms with Crippen LogP contribution < -0.4 is 10.1 Å². The quantitative estimate of drug-likeness (QED) is 0.774. The topological polar surface area (TPSA) is 41.6 Å². The SMILES string of the molecule is COc1cc(Cl)c(C)cc1NC(=O)CN(Cc1ccc(C)cc1)C1CC1. The van der Waals surface area contributed by atoms with E-state index in [2.05, 4.69) is 41.4 Å². The van der Waals surface area contributed by atoms with Crippen LogP contribution in [0.4, 0.5) is 5.69 Å². The van der Waals surface area contributed by atoms with Crippen LogP contribution in [0.5, 0.6) is 5.75 Å². The molecule has 0 heterocycles. The Kier molecular flexibility index (Phi) is 5.84. The van der Waals surface area contributed by atoms with Gasteiger partial charge in [0.2, 0.25) is 5.91 Å². The highest BCUT2D eigenvalue weighted by molar-refractivity contribution is 6.31. The van der Waals surface area contributed by atoms with Gasteiger partial charge in [0.05, 0.1) is 19.3 Å². The standard InChI is InChI=1S/C21H25ClN2O2/c1-14-4-6-16(7-5-14)12-24(17-8-9-17)13-21(25)23-19-10-15(2)18(22)11-20(19)26-3/h4-7,10-11,17H,8-9,12-13H2,1-3H3,(H,23,25). The second-order valence-electron chi connectivity index (χ2n) is 6.97. The molecule has 0 unspecified atom stereocenters. The van der Waals surface area contributed by atoms with Crippen molar-refractivity contribution in [2.45, 2.75) is 39.3 Å². The number of hydrogen-bond acceptors (Lipinski definition) is 3. The van der Waals surface area contributed by atoms with Crippen LogP contribution >= 0.6 is 11.6 Å². The summed E-state index contributed by atoms with van der Waals surface area (Å²) in [5.41, 5.74) is 4.04. The Morgan fingerprint density at radius 1 is 1.23 bits per heavy atom. The van der Waals surface area contributed by atoms with Crippen molar-refractivity contribution in [3.8, 4) is 5.75 Å². The molecule has 2 aromatic rings. The van der Waals surface area contributed by atoms with Gasteiger partial charge in [0, 0.05) is 23.7 Å². The Morgan fingerprint density at radius 2 is 1.92 bits per heavy atom. The van der Waals surface area contributed by atoms with Crippen LogP contribution in [0.25, 0.3) is 0 Å². The zero-order valence-electron chi connectivity index (χ0n) is 15.5. The van der Waals surface area contributed by atoms with Crippen LogP contribution in [-0.4, -0.2) is 30.5 Å². The number of halogens is 1. The molecular weight excluding hydrogens is 348 g/mol. The van der Waals surface area contributed by atoms with E-state index in [9.17, 15) is 4.79 Å². The van der Waals surface area contributed by atoms with Gasteiger partial charge in [-0.1, -0.05) is 41.4 Å². The smallest absolute Gasteiger partial charge is 0.238 e. The first kappa shape index (κ1) is 18.7. The molecule has 0 bridgehead atoms. The fourth-order valence-corrected chi connectivity index (χ4v) is 3.14. The van der Waals surface area contributed by atoms with E-state index >= 15 is 0 Å². The molecule has 1 aliphatic carbocycles. The molecule has 138 valence electrons.